The van der Waals surface area contributed by atoms with Gasteiger partial charge in [0.05, 0.1) is 12.4 Å². The molecule has 2 aliphatic rings. The second kappa shape index (κ2) is 2.15. The smallest absolute Gasteiger partial charge is 0.0932 e. The SMILES string of the molecule is CCOC1=CC2C=CC2C1. The Labute approximate surface area is 61.4 Å². The third-order valence-electron chi connectivity index (χ3n) is 2.22. The van der Waals surface area contributed by atoms with Gasteiger partial charge in [-0.2, -0.15) is 0 Å². The molecule has 0 aliphatic heterocycles. The largest absolute Gasteiger partial charge is 0.499 e. The summed E-state index contributed by atoms with van der Waals surface area (Å²) in [7, 11) is 0. The summed E-state index contributed by atoms with van der Waals surface area (Å²) in [5.74, 6) is 2.69. The van der Waals surface area contributed by atoms with Crippen molar-refractivity contribution in [1.82, 2.24) is 0 Å². The lowest BCUT2D eigenvalue weighted by atomic mass is 9.85. The maximum Gasteiger partial charge on any atom is 0.0932 e. The third-order valence-corrected chi connectivity index (χ3v) is 2.22. The lowest BCUT2D eigenvalue weighted by Crippen LogP contribution is -2.10. The van der Waals surface area contributed by atoms with Crippen LogP contribution >= 0.6 is 0 Å². The molecule has 1 heteroatoms. The van der Waals surface area contributed by atoms with E-state index >= 15 is 0 Å². The highest BCUT2D eigenvalue weighted by Crippen LogP contribution is 2.39. The van der Waals surface area contributed by atoms with Gasteiger partial charge in [-0.3, -0.25) is 0 Å². The van der Waals surface area contributed by atoms with Crippen molar-refractivity contribution in [3.63, 3.8) is 0 Å². The highest BCUT2D eigenvalue weighted by Gasteiger charge is 2.29. The van der Waals surface area contributed by atoms with Crippen LogP contribution in [0.2, 0.25) is 0 Å². The second-order valence-electron chi connectivity index (χ2n) is 2.90. The van der Waals surface area contributed by atoms with Crippen molar-refractivity contribution in [3.05, 3.63) is 24.0 Å². The second-order valence-corrected chi connectivity index (χ2v) is 2.90. The van der Waals surface area contributed by atoms with Crippen LogP contribution in [-0.2, 0) is 4.74 Å². The molecule has 10 heavy (non-hydrogen) atoms. The summed E-state index contributed by atoms with van der Waals surface area (Å²) < 4.78 is 5.40. The van der Waals surface area contributed by atoms with E-state index in [0.29, 0.717) is 5.92 Å². The molecule has 0 radical (unpaired) electrons. The van der Waals surface area contributed by atoms with Crippen molar-refractivity contribution in [2.45, 2.75) is 13.3 Å². The molecule has 0 spiro atoms. The highest BCUT2D eigenvalue weighted by atomic mass is 16.5. The Hall–Kier alpha value is -0.720. The fourth-order valence-electron chi connectivity index (χ4n) is 1.59. The molecule has 2 aliphatic carbocycles. The molecule has 0 amide bonds. The quantitative estimate of drug-likeness (QED) is 0.528. The molecule has 2 atom stereocenters. The van der Waals surface area contributed by atoms with E-state index in [1.54, 1.807) is 0 Å². The Bertz CT molecular complexity index is 191. The number of fused-ring (bicyclic) bond motifs is 1. The van der Waals surface area contributed by atoms with Crippen LogP contribution in [-0.4, -0.2) is 6.61 Å². The molecule has 0 aromatic carbocycles. The Morgan fingerprint density at radius 1 is 1.60 bits per heavy atom. The van der Waals surface area contributed by atoms with Gasteiger partial charge >= 0.3 is 0 Å². The van der Waals surface area contributed by atoms with Crippen LogP contribution in [0.3, 0.4) is 0 Å². The van der Waals surface area contributed by atoms with Gasteiger partial charge in [0.15, 0.2) is 0 Å². The van der Waals surface area contributed by atoms with E-state index in [2.05, 4.69) is 18.2 Å². The lowest BCUT2D eigenvalue weighted by Gasteiger charge is -2.19. The van der Waals surface area contributed by atoms with Crippen LogP contribution in [0, 0.1) is 11.8 Å². The van der Waals surface area contributed by atoms with Gasteiger partial charge in [-0.25, -0.2) is 0 Å². The normalized spacial score (nSPS) is 34.7. The number of allylic oxidation sites excluding steroid dienone is 4. The Balaban J connectivity index is 1.97. The molecule has 0 aromatic rings. The standard InChI is InChI=1S/C9H12O/c1-2-10-9-5-7-3-4-8(7)6-9/h3-5,7-8H,2,6H2,1H3. The van der Waals surface area contributed by atoms with Crippen molar-refractivity contribution >= 4 is 0 Å². The molecular weight excluding hydrogens is 124 g/mol. The number of ether oxygens (including phenoxy) is 1. The van der Waals surface area contributed by atoms with E-state index in [9.17, 15) is 0 Å². The number of hydrogen-bond donors (Lipinski definition) is 0. The molecule has 2 rings (SSSR count). The van der Waals surface area contributed by atoms with Gasteiger partial charge in [-0.05, 0) is 18.9 Å². The zero-order valence-electron chi connectivity index (χ0n) is 6.21. The van der Waals surface area contributed by atoms with E-state index in [1.807, 2.05) is 6.92 Å². The maximum atomic E-state index is 5.40. The molecular formula is C9H12O. The summed E-state index contributed by atoms with van der Waals surface area (Å²) in [4.78, 5) is 0. The molecule has 0 saturated carbocycles. The van der Waals surface area contributed by atoms with Crippen molar-refractivity contribution < 1.29 is 4.74 Å². The predicted octanol–water partition coefficient (Wildman–Crippen LogP) is 2.11. The van der Waals surface area contributed by atoms with Crippen LogP contribution in [0.1, 0.15) is 13.3 Å². The summed E-state index contributed by atoms with van der Waals surface area (Å²) in [6.07, 6.45) is 7.90. The van der Waals surface area contributed by atoms with Gasteiger partial charge in [-0.1, -0.05) is 12.2 Å². The minimum Gasteiger partial charge on any atom is -0.499 e. The van der Waals surface area contributed by atoms with Crippen molar-refractivity contribution in [2.24, 2.45) is 11.8 Å². The zero-order chi connectivity index (χ0) is 6.97. The van der Waals surface area contributed by atoms with Gasteiger partial charge in [-0.15, -0.1) is 0 Å². The van der Waals surface area contributed by atoms with E-state index in [-0.39, 0.29) is 0 Å². The van der Waals surface area contributed by atoms with Gasteiger partial charge in [0, 0.05) is 12.3 Å². The van der Waals surface area contributed by atoms with E-state index in [4.69, 9.17) is 4.74 Å². The lowest BCUT2D eigenvalue weighted by molar-refractivity contribution is 0.219. The summed E-state index contributed by atoms with van der Waals surface area (Å²) >= 11 is 0. The molecule has 54 valence electrons. The van der Waals surface area contributed by atoms with E-state index in [0.717, 1.165) is 18.9 Å². The molecule has 0 bridgehead atoms. The topological polar surface area (TPSA) is 9.23 Å². The van der Waals surface area contributed by atoms with Crippen LogP contribution < -0.4 is 0 Å². The van der Waals surface area contributed by atoms with Crippen molar-refractivity contribution in [3.8, 4) is 0 Å². The molecule has 0 N–H and O–H groups in total. The maximum absolute atomic E-state index is 5.40. The third kappa shape index (κ3) is 0.772. The molecule has 1 nitrogen and oxygen atoms in total. The Kier molecular flexibility index (Phi) is 1.30. The van der Waals surface area contributed by atoms with Crippen LogP contribution in [0.5, 0.6) is 0 Å². The Morgan fingerprint density at radius 3 is 2.90 bits per heavy atom. The van der Waals surface area contributed by atoms with Crippen LogP contribution in [0.4, 0.5) is 0 Å². The summed E-state index contributed by atoms with van der Waals surface area (Å²) in [5.41, 5.74) is 0. The summed E-state index contributed by atoms with van der Waals surface area (Å²) in [6, 6.07) is 0. The zero-order valence-corrected chi connectivity index (χ0v) is 6.21. The minimum absolute atomic E-state index is 0.710. The first-order valence-electron chi connectivity index (χ1n) is 3.92. The average molecular weight is 136 g/mol. The molecule has 0 fully saturated rings. The van der Waals surface area contributed by atoms with Gasteiger partial charge in [0.2, 0.25) is 0 Å². The van der Waals surface area contributed by atoms with Gasteiger partial charge < -0.3 is 4.74 Å². The average Bonchev–Trinajstić information content (AvgIpc) is 2.14. The van der Waals surface area contributed by atoms with Gasteiger partial charge in [0.25, 0.3) is 0 Å². The molecule has 2 unspecified atom stereocenters. The van der Waals surface area contributed by atoms with Crippen molar-refractivity contribution in [2.75, 3.05) is 6.61 Å². The number of rotatable bonds is 2. The van der Waals surface area contributed by atoms with E-state index < -0.39 is 0 Å². The van der Waals surface area contributed by atoms with Crippen LogP contribution in [0.15, 0.2) is 24.0 Å². The first-order chi connectivity index (χ1) is 4.90. The van der Waals surface area contributed by atoms with E-state index in [1.165, 1.54) is 5.76 Å². The minimum atomic E-state index is 0.710. The fraction of sp³-hybridized carbons (Fsp3) is 0.556. The monoisotopic (exact) mass is 136 g/mol. The number of hydrogen-bond acceptors (Lipinski definition) is 1. The Morgan fingerprint density at radius 2 is 2.50 bits per heavy atom. The molecule has 0 heterocycles. The summed E-state index contributed by atoms with van der Waals surface area (Å²) in [6.45, 7) is 2.85. The van der Waals surface area contributed by atoms with Gasteiger partial charge in [0.1, 0.15) is 0 Å². The predicted molar refractivity (Wildman–Crippen MR) is 40.4 cm³/mol. The summed E-state index contributed by atoms with van der Waals surface area (Å²) in [5, 5.41) is 0. The molecule has 0 aromatic heterocycles. The highest BCUT2D eigenvalue weighted by molar-refractivity contribution is 5.25. The first-order valence-corrected chi connectivity index (χ1v) is 3.92. The van der Waals surface area contributed by atoms with Crippen molar-refractivity contribution in [1.29, 1.82) is 0 Å². The molecule has 0 saturated heterocycles. The first kappa shape index (κ1) is 6.02. The van der Waals surface area contributed by atoms with Crippen LogP contribution in [0.25, 0.3) is 0 Å². The fourth-order valence-corrected chi connectivity index (χ4v) is 1.59.